The molecule has 1 N–H and O–H groups in total. The molecule has 28 heavy (non-hydrogen) atoms. The number of furan rings is 1. The Bertz CT molecular complexity index is 995. The maximum atomic E-state index is 13.1. The van der Waals surface area contributed by atoms with Crippen LogP contribution in [0.15, 0.2) is 46.9 Å². The first kappa shape index (κ1) is 18.8. The van der Waals surface area contributed by atoms with Gasteiger partial charge in [-0.1, -0.05) is 29.8 Å². The average molecular weight is 401 g/mol. The fraction of sp³-hybridized carbons (Fsp3) is 0.286. The van der Waals surface area contributed by atoms with E-state index in [1.165, 1.54) is 0 Å². The molecule has 1 aromatic heterocycles. The zero-order chi connectivity index (χ0) is 19.5. The van der Waals surface area contributed by atoms with Crippen molar-refractivity contribution in [2.24, 2.45) is 0 Å². The number of ether oxygens (including phenoxy) is 2. The Morgan fingerprint density at radius 1 is 1.21 bits per heavy atom. The van der Waals surface area contributed by atoms with Crippen LogP contribution in [0.4, 0.5) is 11.4 Å². The van der Waals surface area contributed by atoms with Crippen LogP contribution in [-0.4, -0.2) is 39.3 Å². The van der Waals surface area contributed by atoms with E-state index in [2.05, 4.69) is 10.2 Å². The molecular formula is C21H21ClN2O4. The van der Waals surface area contributed by atoms with Gasteiger partial charge in [-0.05, 0) is 24.3 Å². The summed E-state index contributed by atoms with van der Waals surface area (Å²) in [5, 5.41) is 4.39. The number of rotatable bonds is 5. The Morgan fingerprint density at radius 2 is 2.00 bits per heavy atom. The number of fused-ring (bicyclic) bond motifs is 1. The first-order valence-corrected chi connectivity index (χ1v) is 9.48. The standard InChI is InChI=1S/C21H21ClN2O4/c1-26-13-16-15-4-2-3-5-19(15)28-20(16)21(25)23-17-12-14(22)6-7-18(17)24-8-10-27-11-9-24/h2-7,12H,8-11,13H2,1H3,(H,23,25). The van der Waals surface area contributed by atoms with Crippen LogP contribution in [0.3, 0.4) is 0 Å². The maximum absolute atomic E-state index is 13.1. The van der Waals surface area contributed by atoms with E-state index in [1.54, 1.807) is 13.2 Å². The number of carbonyl (C=O) groups excluding carboxylic acids is 1. The van der Waals surface area contributed by atoms with Gasteiger partial charge in [0.15, 0.2) is 5.76 Å². The lowest BCUT2D eigenvalue weighted by atomic mass is 10.1. The van der Waals surface area contributed by atoms with Crippen molar-refractivity contribution >= 4 is 39.9 Å². The molecule has 1 aliphatic heterocycles. The van der Waals surface area contributed by atoms with Gasteiger partial charge in [0.1, 0.15) is 5.58 Å². The second-order valence-electron chi connectivity index (χ2n) is 6.55. The number of benzene rings is 2. The smallest absolute Gasteiger partial charge is 0.291 e. The summed E-state index contributed by atoms with van der Waals surface area (Å²) >= 11 is 6.19. The Hall–Kier alpha value is -2.54. The van der Waals surface area contributed by atoms with Gasteiger partial charge >= 0.3 is 0 Å². The third kappa shape index (κ3) is 3.71. The lowest BCUT2D eigenvalue weighted by Crippen LogP contribution is -2.36. The summed E-state index contributed by atoms with van der Waals surface area (Å²) in [6.07, 6.45) is 0. The second-order valence-corrected chi connectivity index (χ2v) is 6.99. The van der Waals surface area contributed by atoms with Gasteiger partial charge in [-0.25, -0.2) is 0 Å². The molecule has 146 valence electrons. The molecule has 6 nitrogen and oxygen atoms in total. The molecule has 7 heteroatoms. The van der Waals surface area contributed by atoms with Crippen LogP contribution in [0, 0.1) is 0 Å². The Morgan fingerprint density at radius 3 is 2.79 bits per heavy atom. The van der Waals surface area contributed by atoms with E-state index in [0.29, 0.717) is 29.5 Å². The largest absolute Gasteiger partial charge is 0.451 e. The van der Waals surface area contributed by atoms with Crippen molar-refractivity contribution in [2.75, 3.05) is 43.6 Å². The van der Waals surface area contributed by atoms with Gasteiger partial charge in [-0.15, -0.1) is 0 Å². The quantitative estimate of drug-likeness (QED) is 0.691. The fourth-order valence-corrected chi connectivity index (χ4v) is 3.61. The van der Waals surface area contributed by atoms with Gasteiger partial charge in [0.05, 0.1) is 31.2 Å². The van der Waals surface area contributed by atoms with Gasteiger partial charge in [-0.2, -0.15) is 0 Å². The number of amides is 1. The lowest BCUT2D eigenvalue weighted by molar-refractivity contribution is 0.0992. The molecule has 1 amide bonds. The molecule has 0 aliphatic carbocycles. The number of methoxy groups -OCH3 is 1. The summed E-state index contributed by atoms with van der Waals surface area (Å²) in [7, 11) is 1.59. The zero-order valence-electron chi connectivity index (χ0n) is 15.5. The molecule has 1 saturated heterocycles. The average Bonchev–Trinajstić information content (AvgIpc) is 3.08. The highest BCUT2D eigenvalue weighted by Crippen LogP contribution is 2.32. The van der Waals surface area contributed by atoms with Crippen molar-refractivity contribution in [1.29, 1.82) is 0 Å². The molecule has 0 bridgehead atoms. The Balaban J connectivity index is 1.68. The first-order valence-electron chi connectivity index (χ1n) is 9.10. The predicted molar refractivity (Wildman–Crippen MR) is 109 cm³/mol. The third-order valence-corrected chi connectivity index (χ3v) is 4.99. The van der Waals surface area contributed by atoms with Crippen LogP contribution in [-0.2, 0) is 16.1 Å². The number of hydrogen-bond donors (Lipinski definition) is 1. The van der Waals surface area contributed by atoms with Crippen LogP contribution in [0.25, 0.3) is 11.0 Å². The van der Waals surface area contributed by atoms with Crippen LogP contribution < -0.4 is 10.2 Å². The fourth-order valence-electron chi connectivity index (χ4n) is 3.44. The van der Waals surface area contributed by atoms with Crippen molar-refractivity contribution in [1.82, 2.24) is 0 Å². The first-order chi connectivity index (χ1) is 13.7. The molecule has 1 fully saturated rings. The lowest BCUT2D eigenvalue weighted by Gasteiger charge is -2.30. The highest BCUT2D eigenvalue weighted by molar-refractivity contribution is 6.31. The van der Waals surface area contributed by atoms with E-state index in [0.717, 1.165) is 29.7 Å². The Kier molecular flexibility index (Phi) is 5.52. The predicted octanol–water partition coefficient (Wildman–Crippen LogP) is 4.32. The number of morpholine rings is 1. The normalized spacial score (nSPS) is 14.4. The molecule has 0 spiro atoms. The van der Waals surface area contributed by atoms with E-state index in [-0.39, 0.29) is 18.3 Å². The summed E-state index contributed by atoms with van der Waals surface area (Å²) in [6, 6.07) is 13.0. The van der Waals surface area contributed by atoms with Crippen LogP contribution >= 0.6 is 11.6 Å². The van der Waals surface area contributed by atoms with Crippen molar-refractivity contribution in [3.05, 3.63) is 58.8 Å². The third-order valence-electron chi connectivity index (χ3n) is 4.75. The van der Waals surface area contributed by atoms with Crippen LogP contribution in [0.5, 0.6) is 0 Å². The minimum absolute atomic E-state index is 0.246. The van der Waals surface area contributed by atoms with Crippen molar-refractivity contribution in [3.8, 4) is 0 Å². The van der Waals surface area contributed by atoms with E-state index in [1.807, 2.05) is 36.4 Å². The number of nitrogens with one attached hydrogen (secondary N) is 1. The molecule has 4 rings (SSSR count). The van der Waals surface area contributed by atoms with E-state index in [9.17, 15) is 4.79 Å². The van der Waals surface area contributed by atoms with Gasteiger partial charge in [-0.3, -0.25) is 4.79 Å². The second kappa shape index (κ2) is 8.22. The van der Waals surface area contributed by atoms with Gasteiger partial charge in [0, 0.05) is 36.2 Å². The number of anilines is 2. The van der Waals surface area contributed by atoms with Gasteiger partial charge in [0.2, 0.25) is 0 Å². The summed E-state index contributed by atoms with van der Waals surface area (Å²) in [5.41, 5.74) is 2.93. The van der Waals surface area contributed by atoms with Gasteiger partial charge in [0.25, 0.3) is 5.91 Å². The summed E-state index contributed by atoms with van der Waals surface area (Å²) in [6.45, 7) is 3.09. The molecule has 0 radical (unpaired) electrons. The molecular weight excluding hydrogens is 380 g/mol. The monoisotopic (exact) mass is 400 g/mol. The number of para-hydroxylation sites is 1. The molecule has 2 heterocycles. The number of hydrogen-bond acceptors (Lipinski definition) is 5. The molecule has 0 atom stereocenters. The van der Waals surface area contributed by atoms with Crippen molar-refractivity contribution in [2.45, 2.75) is 6.61 Å². The zero-order valence-corrected chi connectivity index (χ0v) is 16.3. The van der Waals surface area contributed by atoms with Crippen LogP contribution in [0.1, 0.15) is 16.1 Å². The topological polar surface area (TPSA) is 63.9 Å². The van der Waals surface area contributed by atoms with Crippen LogP contribution in [0.2, 0.25) is 5.02 Å². The van der Waals surface area contributed by atoms with Crippen molar-refractivity contribution < 1.29 is 18.7 Å². The molecule has 2 aromatic carbocycles. The maximum Gasteiger partial charge on any atom is 0.291 e. The SMILES string of the molecule is COCc1c(C(=O)Nc2cc(Cl)ccc2N2CCOCC2)oc2ccccc12. The van der Waals surface area contributed by atoms with Gasteiger partial charge < -0.3 is 24.1 Å². The highest BCUT2D eigenvalue weighted by atomic mass is 35.5. The van der Waals surface area contributed by atoms with E-state index in [4.69, 9.17) is 25.5 Å². The number of carbonyl (C=O) groups is 1. The summed E-state index contributed by atoms with van der Waals surface area (Å²) in [4.78, 5) is 15.2. The van der Waals surface area contributed by atoms with Crippen molar-refractivity contribution in [3.63, 3.8) is 0 Å². The Labute approximate surface area is 168 Å². The van der Waals surface area contributed by atoms with E-state index < -0.39 is 0 Å². The van der Waals surface area contributed by atoms with E-state index >= 15 is 0 Å². The minimum atomic E-state index is -0.333. The molecule has 1 aliphatic rings. The highest BCUT2D eigenvalue weighted by Gasteiger charge is 2.23. The minimum Gasteiger partial charge on any atom is -0.451 e. The number of halogens is 1. The molecule has 3 aromatic rings. The summed E-state index contributed by atoms with van der Waals surface area (Å²) < 4.78 is 16.6. The molecule has 0 unspecified atom stereocenters. The number of nitrogens with zero attached hydrogens (tertiary/aromatic N) is 1. The molecule has 0 saturated carbocycles. The summed E-state index contributed by atoms with van der Waals surface area (Å²) in [5.74, 6) is -0.0871.